The molecule has 1 aromatic heterocycles. The summed E-state index contributed by atoms with van der Waals surface area (Å²) in [6, 6.07) is 5.04. The third-order valence-electron chi connectivity index (χ3n) is 2.07. The van der Waals surface area contributed by atoms with E-state index < -0.39 is 5.97 Å². The molecule has 1 aromatic rings. The number of hydrogen-bond acceptors (Lipinski definition) is 5. The zero-order valence-electron chi connectivity index (χ0n) is 8.92. The molecule has 1 N–H and O–H groups in total. The summed E-state index contributed by atoms with van der Waals surface area (Å²) in [5, 5.41) is 24.5. The normalized spacial score (nSPS) is 9.50. The molecule has 0 radical (unpaired) electrons. The smallest absolute Gasteiger partial charge is 0.356 e. The van der Waals surface area contributed by atoms with E-state index in [4.69, 9.17) is 10.4 Å². The Balaban J connectivity index is 2.78. The number of hydrogen-bond donors (Lipinski definition) is 1. The van der Waals surface area contributed by atoms with Crippen LogP contribution in [-0.4, -0.2) is 34.4 Å². The molecule has 6 heteroatoms. The highest BCUT2D eigenvalue weighted by Gasteiger charge is 2.09. The number of nitriles is 1. The van der Waals surface area contributed by atoms with E-state index in [1.807, 2.05) is 17.9 Å². The maximum atomic E-state index is 10.6. The SMILES string of the molecule is CCN(CCC#N)c1ccc(C(=O)O)nn1. The van der Waals surface area contributed by atoms with E-state index in [0.717, 1.165) is 0 Å². The summed E-state index contributed by atoms with van der Waals surface area (Å²) in [5.74, 6) is -0.512. The molecule has 1 rings (SSSR count). The third-order valence-corrected chi connectivity index (χ3v) is 2.07. The van der Waals surface area contributed by atoms with Crippen LogP contribution in [-0.2, 0) is 0 Å². The van der Waals surface area contributed by atoms with Crippen LogP contribution in [0.1, 0.15) is 23.8 Å². The molecule has 1 heterocycles. The van der Waals surface area contributed by atoms with E-state index in [1.165, 1.54) is 6.07 Å². The average molecular weight is 220 g/mol. The second-order valence-corrected chi connectivity index (χ2v) is 3.07. The lowest BCUT2D eigenvalue weighted by atomic mass is 10.3. The van der Waals surface area contributed by atoms with Crippen molar-refractivity contribution >= 4 is 11.8 Å². The Labute approximate surface area is 93.1 Å². The van der Waals surface area contributed by atoms with Gasteiger partial charge in [-0.1, -0.05) is 0 Å². The van der Waals surface area contributed by atoms with Gasteiger partial charge in [0.15, 0.2) is 11.5 Å². The van der Waals surface area contributed by atoms with Crippen LogP contribution in [0.25, 0.3) is 0 Å². The number of aromatic nitrogens is 2. The average Bonchev–Trinajstić information content (AvgIpc) is 2.30. The van der Waals surface area contributed by atoms with Crippen molar-refractivity contribution in [1.82, 2.24) is 10.2 Å². The van der Waals surface area contributed by atoms with Crippen LogP contribution in [0.5, 0.6) is 0 Å². The predicted octanol–water partition coefficient (Wildman–Crippen LogP) is 0.915. The molecule has 84 valence electrons. The first kappa shape index (κ1) is 11.9. The van der Waals surface area contributed by atoms with Gasteiger partial charge in [0.25, 0.3) is 0 Å². The zero-order chi connectivity index (χ0) is 12.0. The van der Waals surface area contributed by atoms with Crippen molar-refractivity contribution in [1.29, 1.82) is 5.26 Å². The summed E-state index contributed by atoms with van der Waals surface area (Å²) < 4.78 is 0. The second-order valence-electron chi connectivity index (χ2n) is 3.07. The first-order valence-electron chi connectivity index (χ1n) is 4.88. The molecule has 0 bridgehead atoms. The van der Waals surface area contributed by atoms with Gasteiger partial charge in [0.2, 0.25) is 0 Å². The van der Waals surface area contributed by atoms with Crippen LogP contribution in [0.2, 0.25) is 0 Å². The summed E-state index contributed by atoms with van der Waals surface area (Å²) in [6.45, 7) is 3.20. The van der Waals surface area contributed by atoms with Gasteiger partial charge in [0.05, 0.1) is 12.5 Å². The van der Waals surface area contributed by atoms with Crippen molar-refractivity contribution in [2.45, 2.75) is 13.3 Å². The summed E-state index contributed by atoms with van der Waals surface area (Å²) in [7, 11) is 0. The minimum Gasteiger partial charge on any atom is -0.476 e. The standard InChI is InChI=1S/C10H12N4O2/c1-2-14(7-3-6-11)9-5-4-8(10(15)16)12-13-9/h4-5H,2-3,7H2,1H3,(H,15,16). The van der Waals surface area contributed by atoms with Crippen LogP contribution in [0, 0.1) is 11.3 Å². The van der Waals surface area contributed by atoms with Crippen molar-refractivity contribution in [3.63, 3.8) is 0 Å². The van der Waals surface area contributed by atoms with Crippen molar-refractivity contribution in [3.8, 4) is 6.07 Å². The van der Waals surface area contributed by atoms with E-state index >= 15 is 0 Å². The fourth-order valence-electron chi connectivity index (χ4n) is 1.23. The van der Waals surface area contributed by atoms with E-state index in [1.54, 1.807) is 6.07 Å². The van der Waals surface area contributed by atoms with Crippen LogP contribution < -0.4 is 4.90 Å². The van der Waals surface area contributed by atoms with Crippen molar-refractivity contribution in [2.24, 2.45) is 0 Å². The summed E-state index contributed by atoms with van der Waals surface area (Å²) >= 11 is 0. The largest absolute Gasteiger partial charge is 0.476 e. The fourth-order valence-corrected chi connectivity index (χ4v) is 1.23. The molecule has 0 fully saturated rings. The van der Waals surface area contributed by atoms with Crippen molar-refractivity contribution in [3.05, 3.63) is 17.8 Å². The van der Waals surface area contributed by atoms with Gasteiger partial charge in [-0.3, -0.25) is 0 Å². The Morgan fingerprint density at radius 1 is 1.56 bits per heavy atom. The maximum absolute atomic E-state index is 10.6. The molecule has 0 amide bonds. The molecule has 0 aromatic carbocycles. The highest BCUT2D eigenvalue weighted by atomic mass is 16.4. The van der Waals surface area contributed by atoms with Gasteiger partial charge in [-0.25, -0.2) is 4.79 Å². The quantitative estimate of drug-likeness (QED) is 0.793. The van der Waals surface area contributed by atoms with Gasteiger partial charge in [0, 0.05) is 13.1 Å². The predicted molar refractivity (Wildman–Crippen MR) is 57.1 cm³/mol. The molecule has 0 saturated carbocycles. The zero-order valence-corrected chi connectivity index (χ0v) is 8.92. The molecule has 0 saturated heterocycles. The number of nitrogens with zero attached hydrogens (tertiary/aromatic N) is 4. The second kappa shape index (κ2) is 5.66. The number of anilines is 1. The molecule has 0 unspecified atom stereocenters. The minimum absolute atomic E-state index is 0.0833. The molecule has 0 atom stereocenters. The van der Waals surface area contributed by atoms with Crippen LogP contribution in [0.3, 0.4) is 0 Å². The van der Waals surface area contributed by atoms with Crippen molar-refractivity contribution in [2.75, 3.05) is 18.0 Å². The molecule has 6 nitrogen and oxygen atoms in total. The van der Waals surface area contributed by atoms with Gasteiger partial charge in [0.1, 0.15) is 0 Å². The lowest BCUT2D eigenvalue weighted by Gasteiger charge is -2.19. The Morgan fingerprint density at radius 2 is 2.31 bits per heavy atom. The summed E-state index contributed by atoms with van der Waals surface area (Å²) in [5.41, 5.74) is -0.0833. The van der Waals surface area contributed by atoms with Gasteiger partial charge >= 0.3 is 5.97 Å². The number of aromatic carboxylic acids is 1. The molecule has 0 aliphatic carbocycles. The molecule has 0 aliphatic heterocycles. The van der Waals surface area contributed by atoms with E-state index in [0.29, 0.717) is 25.3 Å². The molecule has 0 spiro atoms. The third kappa shape index (κ3) is 2.92. The lowest BCUT2D eigenvalue weighted by molar-refractivity contribution is 0.0689. The Kier molecular flexibility index (Phi) is 4.21. The van der Waals surface area contributed by atoms with Gasteiger partial charge < -0.3 is 10.0 Å². The monoisotopic (exact) mass is 220 g/mol. The molecule has 0 aliphatic rings. The minimum atomic E-state index is -1.10. The highest BCUT2D eigenvalue weighted by molar-refractivity contribution is 5.85. The Morgan fingerprint density at radius 3 is 2.75 bits per heavy atom. The van der Waals surface area contributed by atoms with Gasteiger partial charge in [-0.2, -0.15) is 5.26 Å². The first-order chi connectivity index (χ1) is 7.69. The van der Waals surface area contributed by atoms with Crippen LogP contribution in [0.4, 0.5) is 5.82 Å². The Hall–Kier alpha value is -2.16. The molecular weight excluding hydrogens is 208 g/mol. The summed E-state index contributed by atoms with van der Waals surface area (Å²) in [4.78, 5) is 12.4. The number of carbonyl (C=O) groups is 1. The van der Waals surface area contributed by atoms with E-state index in [-0.39, 0.29) is 5.69 Å². The first-order valence-corrected chi connectivity index (χ1v) is 4.88. The van der Waals surface area contributed by atoms with Crippen LogP contribution >= 0.6 is 0 Å². The Bertz CT molecular complexity index is 396. The maximum Gasteiger partial charge on any atom is 0.356 e. The molecular formula is C10H12N4O2. The van der Waals surface area contributed by atoms with E-state index in [9.17, 15) is 4.79 Å². The van der Waals surface area contributed by atoms with Crippen LogP contribution in [0.15, 0.2) is 12.1 Å². The summed E-state index contributed by atoms with van der Waals surface area (Å²) in [6.07, 6.45) is 0.399. The van der Waals surface area contributed by atoms with Gasteiger partial charge in [-0.15, -0.1) is 10.2 Å². The van der Waals surface area contributed by atoms with E-state index in [2.05, 4.69) is 10.2 Å². The lowest BCUT2D eigenvalue weighted by Crippen LogP contribution is -2.25. The number of carboxylic acid groups (broad SMARTS) is 1. The number of carboxylic acids is 1. The van der Waals surface area contributed by atoms with Gasteiger partial charge in [-0.05, 0) is 19.1 Å². The topological polar surface area (TPSA) is 90.1 Å². The number of rotatable bonds is 5. The highest BCUT2D eigenvalue weighted by Crippen LogP contribution is 2.09. The van der Waals surface area contributed by atoms with Crippen molar-refractivity contribution < 1.29 is 9.90 Å². The fraction of sp³-hybridized carbons (Fsp3) is 0.400. The molecule has 16 heavy (non-hydrogen) atoms.